The molecule has 0 saturated heterocycles. The number of nitrogens with zero attached hydrogens (tertiary/aromatic N) is 2. The van der Waals surface area contributed by atoms with Crippen LogP contribution in [-0.4, -0.2) is 27.8 Å². The predicted octanol–water partition coefficient (Wildman–Crippen LogP) is 4.89. The third-order valence-electron chi connectivity index (χ3n) is 4.17. The highest BCUT2D eigenvalue weighted by molar-refractivity contribution is 6.34. The predicted molar refractivity (Wildman–Crippen MR) is 99.1 cm³/mol. The molecule has 1 N–H and O–H groups in total. The lowest BCUT2D eigenvalue weighted by molar-refractivity contribution is 0.0525. The number of aryl methyl sites for hydroxylation is 1. The van der Waals surface area contributed by atoms with E-state index in [0.717, 1.165) is 27.7 Å². The van der Waals surface area contributed by atoms with Crippen LogP contribution in [0.5, 0.6) is 0 Å². The Hall–Kier alpha value is -2.40. The van der Waals surface area contributed by atoms with Crippen molar-refractivity contribution in [3.8, 4) is 11.3 Å². The number of hydrogen-bond donors (Lipinski definition) is 1. The van der Waals surface area contributed by atoms with E-state index in [-0.39, 0.29) is 0 Å². The molecule has 25 heavy (non-hydrogen) atoms. The van der Waals surface area contributed by atoms with Crippen molar-refractivity contribution in [1.82, 2.24) is 15.2 Å². The molecular weight excluding hydrogens is 338 g/mol. The first-order valence-corrected chi connectivity index (χ1v) is 8.62. The largest absolute Gasteiger partial charge is 0.462 e. The number of benzene rings is 1. The third kappa shape index (κ3) is 3.12. The molecule has 1 aromatic carbocycles. The summed E-state index contributed by atoms with van der Waals surface area (Å²) in [5.41, 5.74) is 4.67. The molecule has 0 atom stereocenters. The van der Waals surface area contributed by atoms with Gasteiger partial charge in [0.05, 0.1) is 40.3 Å². The number of hydrogen-bond acceptors (Lipinski definition) is 4. The van der Waals surface area contributed by atoms with Crippen molar-refractivity contribution >= 4 is 28.5 Å². The van der Waals surface area contributed by atoms with E-state index < -0.39 is 5.97 Å². The fourth-order valence-electron chi connectivity index (χ4n) is 3.01. The Morgan fingerprint density at radius 2 is 2.12 bits per heavy atom. The second kappa shape index (κ2) is 6.84. The molecular formula is C19H20ClN3O2. The fraction of sp³-hybridized carbons (Fsp3) is 0.316. The summed E-state index contributed by atoms with van der Waals surface area (Å²) in [6.45, 7) is 8.09. The number of halogens is 1. The van der Waals surface area contributed by atoms with Gasteiger partial charge in [0.1, 0.15) is 0 Å². The maximum Gasteiger partial charge on any atom is 0.341 e. The zero-order valence-electron chi connectivity index (χ0n) is 14.7. The quantitative estimate of drug-likeness (QED) is 0.675. The summed E-state index contributed by atoms with van der Waals surface area (Å²) in [5, 5.41) is 8.46. The highest BCUT2D eigenvalue weighted by Gasteiger charge is 2.21. The fourth-order valence-corrected chi connectivity index (χ4v) is 3.33. The minimum atomic E-state index is -0.449. The first kappa shape index (κ1) is 17.4. The molecule has 0 bridgehead atoms. The summed E-state index contributed by atoms with van der Waals surface area (Å²) < 4.78 is 5.08. The van der Waals surface area contributed by atoms with Gasteiger partial charge < -0.3 is 4.74 Å². The number of ether oxygens (including phenoxy) is 1. The molecule has 0 spiro atoms. The van der Waals surface area contributed by atoms with Crippen molar-refractivity contribution in [2.75, 3.05) is 6.61 Å². The van der Waals surface area contributed by atoms with Gasteiger partial charge in [-0.15, -0.1) is 0 Å². The standard InChI is InChI=1S/C19H20ClN3O2/c1-5-25-19(24)17-11(4)22-16(8-14(17)20)18-12(10(2)3)6-7-15-13(18)9-21-23-15/h6-10H,5H2,1-4H3,(H,21,23). The topological polar surface area (TPSA) is 67.9 Å². The number of aromatic nitrogens is 3. The van der Waals surface area contributed by atoms with Gasteiger partial charge in [-0.05, 0) is 37.5 Å². The van der Waals surface area contributed by atoms with Crippen molar-refractivity contribution in [2.45, 2.75) is 33.6 Å². The maximum atomic E-state index is 12.1. The molecule has 0 aliphatic rings. The zero-order chi connectivity index (χ0) is 18.1. The van der Waals surface area contributed by atoms with E-state index in [0.29, 0.717) is 28.8 Å². The molecule has 0 aliphatic heterocycles. The van der Waals surface area contributed by atoms with Gasteiger partial charge in [0.15, 0.2) is 0 Å². The lowest BCUT2D eigenvalue weighted by atomic mass is 9.92. The molecule has 3 rings (SSSR count). The number of carbonyl (C=O) groups excluding carboxylic acids is 1. The van der Waals surface area contributed by atoms with Gasteiger partial charge >= 0.3 is 5.97 Å². The van der Waals surface area contributed by atoms with E-state index >= 15 is 0 Å². The Morgan fingerprint density at radius 3 is 2.76 bits per heavy atom. The van der Waals surface area contributed by atoms with Crippen molar-refractivity contribution in [2.24, 2.45) is 0 Å². The lowest BCUT2D eigenvalue weighted by Crippen LogP contribution is -2.09. The van der Waals surface area contributed by atoms with Crippen molar-refractivity contribution in [3.63, 3.8) is 0 Å². The first-order chi connectivity index (χ1) is 11.9. The summed E-state index contributed by atoms with van der Waals surface area (Å²) in [7, 11) is 0. The van der Waals surface area contributed by atoms with E-state index in [1.807, 2.05) is 6.07 Å². The van der Waals surface area contributed by atoms with Gasteiger partial charge in [-0.3, -0.25) is 10.1 Å². The van der Waals surface area contributed by atoms with E-state index in [1.54, 1.807) is 26.1 Å². The van der Waals surface area contributed by atoms with Crippen LogP contribution in [-0.2, 0) is 4.74 Å². The summed E-state index contributed by atoms with van der Waals surface area (Å²) in [4.78, 5) is 16.8. The number of carbonyl (C=O) groups is 1. The Kier molecular flexibility index (Phi) is 4.77. The highest BCUT2D eigenvalue weighted by Crippen LogP contribution is 2.36. The smallest absolute Gasteiger partial charge is 0.341 e. The van der Waals surface area contributed by atoms with E-state index in [4.69, 9.17) is 16.3 Å². The summed E-state index contributed by atoms with van der Waals surface area (Å²) >= 11 is 6.41. The van der Waals surface area contributed by atoms with Gasteiger partial charge in [-0.25, -0.2) is 4.79 Å². The van der Waals surface area contributed by atoms with Gasteiger partial charge in [0.2, 0.25) is 0 Å². The lowest BCUT2D eigenvalue weighted by Gasteiger charge is -2.15. The molecule has 5 nitrogen and oxygen atoms in total. The molecule has 0 amide bonds. The number of H-pyrrole nitrogens is 1. The summed E-state index contributed by atoms with van der Waals surface area (Å²) in [5.74, 6) is -0.144. The van der Waals surface area contributed by atoms with Crippen molar-refractivity contribution < 1.29 is 9.53 Å². The van der Waals surface area contributed by atoms with Gasteiger partial charge in [0.25, 0.3) is 0 Å². The number of pyridine rings is 1. The number of esters is 1. The van der Waals surface area contributed by atoms with Gasteiger partial charge in [-0.1, -0.05) is 31.5 Å². The second-order valence-electron chi connectivity index (χ2n) is 6.19. The van der Waals surface area contributed by atoms with Crippen LogP contribution in [0.25, 0.3) is 22.2 Å². The Labute approximate surface area is 151 Å². The Balaban J connectivity index is 2.24. The number of rotatable bonds is 4. The number of fused-ring (bicyclic) bond motifs is 1. The molecule has 130 valence electrons. The SMILES string of the molecule is CCOC(=O)c1c(Cl)cc(-c2c(C(C)C)ccc3[nH]ncc23)nc1C. The van der Waals surface area contributed by atoms with Crippen LogP contribution in [0.15, 0.2) is 24.4 Å². The van der Waals surface area contributed by atoms with Crippen LogP contribution in [0.4, 0.5) is 0 Å². The van der Waals surface area contributed by atoms with Crippen LogP contribution in [0.3, 0.4) is 0 Å². The van der Waals surface area contributed by atoms with Crippen LogP contribution in [0, 0.1) is 6.92 Å². The normalized spacial score (nSPS) is 11.3. The first-order valence-electron chi connectivity index (χ1n) is 8.24. The van der Waals surface area contributed by atoms with Gasteiger partial charge in [-0.2, -0.15) is 5.10 Å². The molecule has 0 radical (unpaired) electrons. The molecule has 2 heterocycles. The molecule has 0 fully saturated rings. The molecule has 0 aliphatic carbocycles. The molecule has 0 saturated carbocycles. The number of aromatic amines is 1. The molecule has 2 aromatic heterocycles. The van der Waals surface area contributed by atoms with Crippen LogP contribution in [0.2, 0.25) is 5.02 Å². The Bertz CT molecular complexity index is 924. The number of nitrogens with one attached hydrogen (secondary N) is 1. The van der Waals surface area contributed by atoms with Gasteiger partial charge in [0, 0.05) is 10.9 Å². The average Bonchev–Trinajstić information content (AvgIpc) is 3.01. The van der Waals surface area contributed by atoms with Crippen molar-refractivity contribution in [3.05, 3.63) is 46.2 Å². The maximum absolute atomic E-state index is 12.1. The van der Waals surface area contributed by atoms with Crippen molar-refractivity contribution in [1.29, 1.82) is 0 Å². The summed E-state index contributed by atoms with van der Waals surface area (Å²) in [6, 6.07) is 5.82. The zero-order valence-corrected chi connectivity index (χ0v) is 15.4. The van der Waals surface area contributed by atoms with Crippen LogP contribution < -0.4 is 0 Å². The molecule has 0 unspecified atom stereocenters. The third-order valence-corrected chi connectivity index (χ3v) is 4.46. The van der Waals surface area contributed by atoms with E-state index in [2.05, 4.69) is 35.1 Å². The van der Waals surface area contributed by atoms with Crippen LogP contribution in [0.1, 0.15) is 48.3 Å². The summed E-state index contributed by atoms with van der Waals surface area (Å²) in [6.07, 6.45) is 1.79. The van der Waals surface area contributed by atoms with E-state index in [1.165, 1.54) is 0 Å². The van der Waals surface area contributed by atoms with Crippen LogP contribution >= 0.6 is 11.6 Å². The molecule has 3 aromatic rings. The second-order valence-corrected chi connectivity index (χ2v) is 6.59. The average molecular weight is 358 g/mol. The monoisotopic (exact) mass is 357 g/mol. The minimum Gasteiger partial charge on any atom is -0.462 e. The highest BCUT2D eigenvalue weighted by atomic mass is 35.5. The minimum absolute atomic E-state index is 0.294. The molecule has 6 heteroatoms. The Morgan fingerprint density at radius 1 is 1.36 bits per heavy atom. The van der Waals surface area contributed by atoms with E-state index in [9.17, 15) is 4.79 Å².